The molecule has 0 bridgehead atoms. The summed E-state index contributed by atoms with van der Waals surface area (Å²) in [5.41, 5.74) is 1.47. The van der Waals surface area contributed by atoms with Crippen LogP contribution in [0.15, 0.2) is 67.0 Å². The van der Waals surface area contributed by atoms with Crippen molar-refractivity contribution >= 4 is 18.3 Å². The predicted molar refractivity (Wildman–Crippen MR) is 145 cm³/mol. The summed E-state index contributed by atoms with van der Waals surface area (Å²) in [7, 11) is 0. The number of aliphatic hydroxyl groups is 1. The van der Waals surface area contributed by atoms with E-state index in [4.69, 9.17) is 0 Å². The smallest absolute Gasteiger partial charge is 0.407 e. The second-order valence-corrected chi connectivity index (χ2v) is 10.5. The lowest BCUT2D eigenvalue weighted by Gasteiger charge is -2.41. The Morgan fingerprint density at radius 2 is 1.74 bits per heavy atom. The molecule has 0 spiro atoms. The van der Waals surface area contributed by atoms with E-state index in [-0.39, 0.29) is 43.7 Å². The first-order valence-electron chi connectivity index (χ1n) is 13.5. The highest BCUT2D eigenvalue weighted by Gasteiger charge is 2.42. The highest BCUT2D eigenvalue weighted by atomic mass is 16.4. The topological polar surface area (TPSA) is 116 Å². The Balaban J connectivity index is 1.55. The maximum atomic E-state index is 14.2. The summed E-state index contributed by atoms with van der Waals surface area (Å²) in [6.45, 7) is 0.677. The Hall–Kier alpha value is -3.98. The van der Waals surface area contributed by atoms with Crippen LogP contribution in [0.2, 0.25) is 0 Å². The summed E-state index contributed by atoms with van der Waals surface area (Å²) in [5, 5.41) is 21.2. The zero-order chi connectivity index (χ0) is 27.4. The van der Waals surface area contributed by atoms with Crippen LogP contribution in [0.4, 0.5) is 4.79 Å². The summed E-state index contributed by atoms with van der Waals surface area (Å²) in [6.07, 6.45) is 4.81. The molecule has 2 amide bonds. The SMILES string of the molecule is O=CCC1(O)CCCC[C@@H]1n1cnc(C(=O)N2CCN(C(=O)O)C[C@H]2Cc2ccccc2)c1-c1ccccc1. The predicted octanol–water partition coefficient (Wildman–Crippen LogP) is 4.03. The lowest BCUT2D eigenvalue weighted by molar-refractivity contribution is -0.116. The van der Waals surface area contributed by atoms with E-state index in [0.29, 0.717) is 25.0 Å². The third-order valence-corrected chi connectivity index (χ3v) is 8.10. The Kier molecular flexibility index (Phi) is 7.79. The number of rotatable bonds is 7. The zero-order valence-corrected chi connectivity index (χ0v) is 21.9. The van der Waals surface area contributed by atoms with Crippen LogP contribution in [0.3, 0.4) is 0 Å². The molecule has 1 aliphatic carbocycles. The van der Waals surface area contributed by atoms with Gasteiger partial charge in [-0.05, 0) is 24.8 Å². The van der Waals surface area contributed by atoms with Crippen molar-refractivity contribution in [1.82, 2.24) is 19.4 Å². The summed E-state index contributed by atoms with van der Waals surface area (Å²) in [5.74, 6) is -0.270. The Labute approximate surface area is 227 Å². The molecule has 1 unspecified atom stereocenters. The molecule has 3 aromatic rings. The van der Waals surface area contributed by atoms with Gasteiger partial charge in [-0.15, -0.1) is 0 Å². The van der Waals surface area contributed by atoms with E-state index in [0.717, 1.165) is 30.3 Å². The molecule has 1 aliphatic heterocycles. The number of carboxylic acid groups (broad SMARTS) is 1. The molecule has 2 aromatic carbocycles. The second-order valence-electron chi connectivity index (χ2n) is 10.5. The number of aldehydes is 1. The third-order valence-electron chi connectivity index (χ3n) is 8.10. The molecule has 2 heterocycles. The van der Waals surface area contributed by atoms with Crippen LogP contribution < -0.4 is 0 Å². The molecular weight excluding hydrogens is 496 g/mol. The van der Waals surface area contributed by atoms with Gasteiger partial charge < -0.3 is 29.4 Å². The summed E-state index contributed by atoms with van der Waals surface area (Å²) >= 11 is 0. The Morgan fingerprint density at radius 3 is 2.44 bits per heavy atom. The third kappa shape index (κ3) is 5.45. The van der Waals surface area contributed by atoms with Crippen LogP contribution in [0, 0.1) is 0 Å². The lowest BCUT2D eigenvalue weighted by Crippen LogP contribution is -2.57. The number of piperazine rings is 1. The first-order valence-corrected chi connectivity index (χ1v) is 13.5. The van der Waals surface area contributed by atoms with Crippen molar-refractivity contribution in [2.75, 3.05) is 19.6 Å². The van der Waals surface area contributed by atoms with Crippen LogP contribution in [0.1, 0.15) is 54.2 Å². The quantitative estimate of drug-likeness (QED) is 0.446. The molecule has 1 saturated carbocycles. The van der Waals surface area contributed by atoms with Gasteiger partial charge in [-0.3, -0.25) is 4.79 Å². The molecule has 2 fully saturated rings. The molecular formula is C30H34N4O5. The highest BCUT2D eigenvalue weighted by Crippen LogP contribution is 2.42. The number of carbonyl (C=O) groups excluding carboxylic acids is 2. The molecule has 9 heteroatoms. The maximum absolute atomic E-state index is 14.2. The van der Waals surface area contributed by atoms with Gasteiger partial charge in [0.25, 0.3) is 5.91 Å². The molecule has 1 saturated heterocycles. The average molecular weight is 531 g/mol. The minimum atomic E-state index is -1.21. The molecule has 5 rings (SSSR count). The first-order chi connectivity index (χ1) is 18.9. The van der Waals surface area contributed by atoms with E-state index >= 15 is 0 Å². The Morgan fingerprint density at radius 1 is 1.03 bits per heavy atom. The second kappa shape index (κ2) is 11.4. The van der Waals surface area contributed by atoms with Gasteiger partial charge in [0.05, 0.1) is 29.7 Å². The number of nitrogens with zero attached hydrogens (tertiary/aromatic N) is 4. The molecule has 1 aromatic heterocycles. The van der Waals surface area contributed by atoms with Crippen molar-refractivity contribution in [3.63, 3.8) is 0 Å². The van der Waals surface area contributed by atoms with Gasteiger partial charge in [0.2, 0.25) is 0 Å². The minimum absolute atomic E-state index is 0.0175. The minimum Gasteiger partial charge on any atom is -0.465 e. The molecule has 3 atom stereocenters. The highest BCUT2D eigenvalue weighted by molar-refractivity contribution is 5.98. The average Bonchev–Trinajstić information content (AvgIpc) is 3.38. The first kappa shape index (κ1) is 26.6. The fourth-order valence-electron chi connectivity index (χ4n) is 6.11. The molecule has 39 heavy (non-hydrogen) atoms. The molecule has 9 nitrogen and oxygen atoms in total. The van der Waals surface area contributed by atoms with Crippen molar-refractivity contribution in [1.29, 1.82) is 0 Å². The number of imidazole rings is 1. The van der Waals surface area contributed by atoms with Crippen LogP contribution in [0.25, 0.3) is 11.3 Å². The van der Waals surface area contributed by atoms with Gasteiger partial charge in [-0.1, -0.05) is 73.5 Å². The summed E-state index contributed by atoms with van der Waals surface area (Å²) < 4.78 is 1.88. The van der Waals surface area contributed by atoms with Crippen molar-refractivity contribution in [3.05, 3.63) is 78.2 Å². The largest absolute Gasteiger partial charge is 0.465 e. The van der Waals surface area contributed by atoms with Gasteiger partial charge in [0.1, 0.15) is 6.29 Å². The van der Waals surface area contributed by atoms with Gasteiger partial charge in [0.15, 0.2) is 5.69 Å². The number of hydrogen-bond acceptors (Lipinski definition) is 5. The van der Waals surface area contributed by atoms with Crippen molar-refractivity contribution in [3.8, 4) is 11.3 Å². The fourth-order valence-corrected chi connectivity index (χ4v) is 6.11. The van der Waals surface area contributed by atoms with Gasteiger partial charge in [-0.25, -0.2) is 9.78 Å². The lowest BCUT2D eigenvalue weighted by atomic mass is 9.78. The molecule has 0 radical (unpaired) electrons. The van der Waals surface area contributed by atoms with Crippen molar-refractivity contribution in [2.24, 2.45) is 0 Å². The van der Waals surface area contributed by atoms with E-state index < -0.39 is 17.7 Å². The molecule has 2 N–H and O–H groups in total. The van der Waals surface area contributed by atoms with Crippen LogP contribution in [-0.4, -0.2) is 79.1 Å². The van der Waals surface area contributed by atoms with Crippen molar-refractivity contribution < 1.29 is 24.6 Å². The monoisotopic (exact) mass is 530 g/mol. The number of carbonyl (C=O) groups is 3. The number of aromatic nitrogens is 2. The van der Waals surface area contributed by atoms with Crippen LogP contribution in [0.5, 0.6) is 0 Å². The van der Waals surface area contributed by atoms with E-state index in [9.17, 15) is 24.6 Å². The maximum Gasteiger partial charge on any atom is 0.407 e. The molecule has 204 valence electrons. The number of hydrogen-bond donors (Lipinski definition) is 2. The summed E-state index contributed by atoms with van der Waals surface area (Å²) in [6, 6.07) is 18.5. The van der Waals surface area contributed by atoms with Gasteiger partial charge in [-0.2, -0.15) is 0 Å². The standard InChI is InChI=1S/C30H34N4O5/c35-18-15-30(39)14-8-7-13-25(30)34-21-31-26(27(34)23-11-5-2-6-12-23)28(36)33-17-16-32(29(37)38)20-24(33)19-22-9-3-1-4-10-22/h1-6,9-12,18,21,24-25,39H,7-8,13-17,19-20H2,(H,37,38)/t24-,25+,30?/m1/s1. The number of benzene rings is 2. The van der Waals surface area contributed by atoms with Crippen molar-refractivity contribution in [2.45, 2.75) is 56.2 Å². The van der Waals surface area contributed by atoms with E-state index in [2.05, 4.69) is 4.98 Å². The van der Waals surface area contributed by atoms with E-state index in [1.165, 1.54) is 4.90 Å². The van der Waals surface area contributed by atoms with Gasteiger partial charge >= 0.3 is 6.09 Å². The normalized spacial score (nSPS) is 23.4. The van der Waals surface area contributed by atoms with E-state index in [1.807, 2.05) is 65.2 Å². The fraction of sp³-hybridized carbons (Fsp3) is 0.400. The Bertz CT molecular complexity index is 1310. The van der Waals surface area contributed by atoms with Crippen LogP contribution in [-0.2, 0) is 11.2 Å². The zero-order valence-electron chi connectivity index (χ0n) is 21.9. The van der Waals surface area contributed by atoms with Gasteiger partial charge in [0, 0.05) is 31.6 Å². The summed E-state index contributed by atoms with van der Waals surface area (Å²) in [4.78, 5) is 45.2. The van der Waals surface area contributed by atoms with Crippen LogP contribution >= 0.6 is 0 Å². The molecule has 2 aliphatic rings. The van der Waals surface area contributed by atoms with E-state index in [1.54, 1.807) is 11.2 Å². The number of amides is 2.